The summed E-state index contributed by atoms with van der Waals surface area (Å²) in [6, 6.07) is 0. The highest BCUT2D eigenvalue weighted by molar-refractivity contribution is 5.81. The van der Waals surface area contributed by atoms with E-state index in [-0.39, 0.29) is 18.7 Å². The van der Waals surface area contributed by atoms with Crippen molar-refractivity contribution in [1.29, 1.82) is 0 Å². The van der Waals surface area contributed by atoms with E-state index in [2.05, 4.69) is 0 Å². The van der Waals surface area contributed by atoms with Gasteiger partial charge in [-0.3, -0.25) is 9.59 Å². The number of amides is 1. The van der Waals surface area contributed by atoms with Crippen molar-refractivity contribution in [3.8, 4) is 0 Å². The van der Waals surface area contributed by atoms with Gasteiger partial charge >= 0.3 is 5.97 Å². The molecule has 1 aliphatic heterocycles. The molecule has 0 fully saturated rings. The third-order valence-corrected chi connectivity index (χ3v) is 1.72. The van der Waals surface area contributed by atoms with Gasteiger partial charge in [-0.05, 0) is 0 Å². The highest BCUT2D eigenvalue weighted by atomic mass is 16.4. The normalized spacial score (nSPS) is 15.2. The lowest BCUT2D eigenvalue weighted by Crippen LogP contribution is -2.28. The first-order valence-corrected chi connectivity index (χ1v) is 3.84. The van der Waals surface area contributed by atoms with Crippen molar-refractivity contribution in [3.05, 3.63) is 12.2 Å². The Morgan fingerprint density at radius 1 is 1.25 bits per heavy atom. The highest BCUT2D eigenvalue weighted by Gasteiger charge is 2.14. The quantitative estimate of drug-likeness (QED) is 0.616. The first-order valence-electron chi connectivity index (χ1n) is 3.84. The van der Waals surface area contributed by atoms with Crippen LogP contribution < -0.4 is 0 Å². The Kier molecular flexibility index (Phi) is 2.85. The van der Waals surface area contributed by atoms with Gasteiger partial charge in [0.25, 0.3) is 0 Å². The van der Waals surface area contributed by atoms with Crippen LogP contribution in [0.4, 0.5) is 0 Å². The van der Waals surface area contributed by atoms with Crippen molar-refractivity contribution < 1.29 is 14.7 Å². The van der Waals surface area contributed by atoms with Crippen molar-refractivity contribution in [3.63, 3.8) is 0 Å². The minimum atomic E-state index is -0.921. The van der Waals surface area contributed by atoms with E-state index in [0.717, 1.165) is 0 Å². The molecule has 0 aromatic heterocycles. The Morgan fingerprint density at radius 3 is 2.33 bits per heavy atom. The lowest BCUT2D eigenvalue weighted by atomic mass is 10.3. The lowest BCUT2D eigenvalue weighted by molar-refractivity contribution is -0.140. The van der Waals surface area contributed by atoms with Gasteiger partial charge in [-0.2, -0.15) is 0 Å². The fourth-order valence-corrected chi connectivity index (χ4v) is 1.05. The molecule has 0 bridgehead atoms. The zero-order valence-electron chi connectivity index (χ0n) is 6.69. The monoisotopic (exact) mass is 169 g/mol. The van der Waals surface area contributed by atoms with Crippen LogP contribution in [0, 0.1) is 0 Å². The van der Waals surface area contributed by atoms with Gasteiger partial charge in [0.2, 0.25) is 5.91 Å². The van der Waals surface area contributed by atoms with Gasteiger partial charge in [0.05, 0.1) is 6.42 Å². The third kappa shape index (κ3) is 2.38. The fraction of sp³-hybridized carbons (Fsp3) is 0.500. The van der Waals surface area contributed by atoms with Crippen LogP contribution in [0.1, 0.15) is 12.8 Å². The highest BCUT2D eigenvalue weighted by Crippen LogP contribution is 2.03. The van der Waals surface area contributed by atoms with E-state index in [1.807, 2.05) is 12.2 Å². The minimum absolute atomic E-state index is 0.0741. The molecule has 4 nitrogen and oxygen atoms in total. The SMILES string of the molecule is O=C(O)CCC(=O)N1CC=CC1. The van der Waals surface area contributed by atoms with Crippen LogP contribution in [0.2, 0.25) is 0 Å². The Hall–Kier alpha value is -1.32. The third-order valence-electron chi connectivity index (χ3n) is 1.72. The molecule has 0 saturated carbocycles. The predicted octanol–water partition coefficient (Wildman–Crippen LogP) is 0.250. The van der Waals surface area contributed by atoms with Gasteiger partial charge in [0.15, 0.2) is 0 Å². The largest absolute Gasteiger partial charge is 0.481 e. The van der Waals surface area contributed by atoms with Crippen LogP contribution in [-0.4, -0.2) is 35.0 Å². The zero-order chi connectivity index (χ0) is 8.97. The Morgan fingerprint density at radius 2 is 1.83 bits per heavy atom. The van der Waals surface area contributed by atoms with Crippen LogP contribution >= 0.6 is 0 Å². The van der Waals surface area contributed by atoms with Gasteiger partial charge in [0, 0.05) is 19.5 Å². The molecule has 0 aliphatic carbocycles. The summed E-state index contributed by atoms with van der Waals surface area (Å²) in [7, 11) is 0. The number of rotatable bonds is 3. The number of aliphatic carboxylic acids is 1. The van der Waals surface area contributed by atoms with Crippen molar-refractivity contribution in [1.82, 2.24) is 4.90 Å². The Labute approximate surface area is 70.5 Å². The second-order valence-corrected chi connectivity index (χ2v) is 2.66. The fourth-order valence-electron chi connectivity index (χ4n) is 1.05. The topological polar surface area (TPSA) is 57.6 Å². The average molecular weight is 169 g/mol. The molecule has 1 amide bonds. The average Bonchev–Trinajstić information content (AvgIpc) is 2.51. The molecule has 0 aromatic rings. The van der Waals surface area contributed by atoms with E-state index in [4.69, 9.17) is 5.11 Å². The minimum Gasteiger partial charge on any atom is -0.481 e. The molecule has 1 heterocycles. The first kappa shape index (κ1) is 8.77. The molecular weight excluding hydrogens is 158 g/mol. The summed E-state index contributed by atoms with van der Waals surface area (Å²) >= 11 is 0. The van der Waals surface area contributed by atoms with Gasteiger partial charge in [-0.1, -0.05) is 12.2 Å². The van der Waals surface area contributed by atoms with Gasteiger partial charge in [-0.15, -0.1) is 0 Å². The number of carbonyl (C=O) groups excluding carboxylic acids is 1. The summed E-state index contributed by atoms with van der Waals surface area (Å²) in [4.78, 5) is 22.9. The van der Waals surface area contributed by atoms with E-state index in [1.54, 1.807) is 4.90 Å². The van der Waals surface area contributed by atoms with E-state index in [0.29, 0.717) is 13.1 Å². The van der Waals surface area contributed by atoms with Crippen molar-refractivity contribution in [2.45, 2.75) is 12.8 Å². The number of carbonyl (C=O) groups is 2. The maximum atomic E-state index is 11.2. The number of hydrogen-bond donors (Lipinski definition) is 1. The van der Waals surface area contributed by atoms with E-state index < -0.39 is 5.97 Å². The number of carboxylic acids is 1. The molecule has 1 N–H and O–H groups in total. The maximum Gasteiger partial charge on any atom is 0.303 e. The molecule has 1 rings (SSSR count). The van der Waals surface area contributed by atoms with Crippen LogP contribution in [0.5, 0.6) is 0 Å². The van der Waals surface area contributed by atoms with E-state index in [9.17, 15) is 9.59 Å². The van der Waals surface area contributed by atoms with E-state index >= 15 is 0 Å². The molecule has 66 valence electrons. The number of nitrogens with zero attached hydrogens (tertiary/aromatic N) is 1. The summed E-state index contributed by atoms with van der Waals surface area (Å²) in [5.41, 5.74) is 0. The molecule has 12 heavy (non-hydrogen) atoms. The summed E-state index contributed by atoms with van der Waals surface area (Å²) in [6.07, 6.45) is 3.84. The van der Waals surface area contributed by atoms with Crippen LogP contribution in [-0.2, 0) is 9.59 Å². The molecular formula is C8H11NO3. The summed E-state index contributed by atoms with van der Waals surface area (Å²) < 4.78 is 0. The lowest BCUT2D eigenvalue weighted by Gasteiger charge is -2.13. The molecule has 0 saturated heterocycles. The van der Waals surface area contributed by atoms with Crippen molar-refractivity contribution >= 4 is 11.9 Å². The van der Waals surface area contributed by atoms with Gasteiger partial charge < -0.3 is 10.0 Å². The summed E-state index contributed by atoms with van der Waals surface area (Å²) in [5, 5.41) is 8.32. The van der Waals surface area contributed by atoms with Crippen LogP contribution in [0.3, 0.4) is 0 Å². The zero-order valence-corrected chi connectivity index (χ0v) is 6.69. The van der Waals surface area contributed by atoms with Gasteiger partial charge in [0.1, 0.15) is 0 Å². The molecule has 0 radical (unpaired) electrons. The number of carboxylic acid groups (broad SMARTS) is 1. The summed E-state index contributed by atoms with van der Waals surface area (Å²) in [5.74, 6) is -1.00. The second-order valence-electron chi connectivity index (χ2n) is 2.66. The van der Waals surface area contributed by atoms with E-state index in [1.165, 1.54) is 0 Å². The molecule has 1 aliphatic rings. The molecule has 0 aromatic carbocycles. The van der Waals surface area contributed by atoms with Gasteiger partial charge in [-0.25, -0.2) is 0 Å². The molecule has 0 spiro atoms. The predicted molar refractivity (Wildman–Crippen MR) is 42.6 cm³/mol. The first-order chi connectivity index (χ1) is 5.70. The number of hydrogen-bond acceptors (Lipinski definition) is 2. The van der Waals surface area contributed by atoms with Crippen LogP contribution in [0.15, 0.2) is 12.2 Å². The smallest absolute Gasteiger partial charge is 0.303 e. The Bertz CT molecular complexity index is 214. The second kappa shape index (κ2) is 3.90. The molecule has 0 atom stereocenters. The standard InChI is InChI=1S/C8H11NO3/c10-7(3-4-8(11)12)9-5-1-2-6-9/h1-2H,3-6H2,(H,11,12). The summed E-state index contributed by atoms with van der Waals surface area (Å²) in [6.45, 7) is 1.25. The Balaban J connectivity index is 2.24. The molecule has 0 unspecified atom stereocenters. The maximum absolute atomic E-state index is 11.2. The molecule has 4 heteroatoms. The van der Waals surface area contributed by atoms with Crippen molar-refractivity contribution in [2.75, 3.05) is 13.1 Å². The van der Waals surface area contributed by atoms with Crippen LogP contribution in [0.25, 0.3) is 0 Å². The van der Waals surface area contributed by atoms with Crippen molar-refractivity contribution in [2.24, 2.45) is 0 Å².